The first-order valence-electron chi connectivity index (χ1n) is 6.58. The van der Waals surface area contributed by atoms with Crippen molar-refractivity contribution in [2.45, 2.75) is 6.42 Å². The zero-order valence-electron chi connectivity index (χ0n) is 11.4. The summed E-state index contributed by atoms with van der Waals surface area (Å²) >= 11 is 5.33. The van der Waals surface area contributed by atoms with Crippen molar-refractivity contribution in [3.8, 4) is 0 Å². The van der Waals surface area contributed by atoms with E-state index < -0.39 is 15.0 Å². The maximum absolute atomic E-state index is 11.8. The Kier molecular flexibility index (Phi) is 7.08. The number of rotatable bonds is 8. The molecule has 0 aliphatic heterocycles. The zero-order valence-corrected chi connectivity index (χ0v) is 14.0. The van der Waals surface area contributed by atoms with Gasteiger partial charge >= 0.3 is 15.0 Å². The van der Waals surface area contributed by atoms with Crippen molar-refractivity contribution in [2.75, 3.05) is 13.2 Å². The van der Waals surface area contributed by atoms with Crippen molar-refractivity contribution in [2.24, 2.45) is 0 Å². The molecule has 0 radical (unpaired) electrons. The summed E-state index contributed by atoms with van der Waals surface area (Å²) in [6, 6.07) is 19.0. The Morgan fingerprint density at radius 1 is 0.810 bits per heavy atom. The van der Waals surface area contributed by atoms with Gasteiger partial charge in [0, 0.05) is 6.42 Å². The molecule has 2 rings (SSSR count). The van der Waals surface area contributed by atoms with Crippen molar-refractivity contribution < 1.29 is 13.6 Å². The molecule has 0 saturated carbocycles. The molecule has 2 aromatic rings. The van der Waals surface area contributed by atoms with Crippen molar-refractivity contribution in [3.05, 3.63) is 60.7 Å². The number of benzene rings is 2. The maximum atomic E-state index is 11.8. The Bertz CT molecular complexity index is 537. The quantitative estimate of drug-likeness (QED) is 0.544. The van der Waals surface area contributed by atoms with Crippen LogP contribution in [-0.2, 0) is 25.4 Å². The summed E-state index contributed by atoms with van der Waals surface area (Å²) in [7, 11) is -1.78. The Morgan fingerprint density at radius 2 is 1.33 bits per heavy atom. The van der Waals surface area contributed by atoms with Gasteiger partial charge in [0.2, 0.25) is 17.1 Å². The van der Waals surface area contributed by atoms with E-state index in [0.717, 1.165) is 5.30 Å². The van der Waals surface area contributed by atoms with Crippen molar-refractivity contribution in [3.63, 3.8) is 0 Å². The summed E-state index contributed by atoms with van der Waals surface area (Å²) in [6.45, 7) is -0.0804. The summed E-state index contributed by atoms with van der Waals surface area (Å²) in [5.41, 5.74) is 0. The molecule has 0 aromatic heterocycles. The molecule has 2 aromatic carbocycles. The SMILES string of the molecule is O=[P+](OCCCO[P+](=S)c1ccccc1)c1ccccc1. The molecule has 6 heteroatoms. The normalized spacial score (nSPS) is 12.0. The van der Waals surface area contributed by atoms with E-state index in [1.807, 2.05) is 48.5 Å². The van der Waals surface area contributed by atoms with Crippen LogP contribution in [0.1, 0.15) is 6.42 Å². The predicted molar refractivity (Wildman–Crippen MR) is 90.6 cm³/mol. The summed E-state index contributed by atoms with van der Waals surface area (Å²) in [6.07, 6.45) is 0.677. The molecule has 21 heavy (non-hydrogen) atoms. The minimum atomic E-state index is -1.78. The van der Waals surface area contributed by atoms with E-state index in [-0.39, 0.29) is 0 Å². The van der Waals surface area contributed by atoms with Gasteiger partial charge in [-0.3, -0.25) is 0 Å². The van der Waals surface area contributed by atoms with Crippen LogP contribution in [-0.4, -0.2) is 13.2 Å². The molecule has 2 unspecified atom stereocenters. The van der Waals surface area contributed by atoms with E-state index in [1.165, 1.54) is 0 Å². The van der Waals surface area contributed by atoms with Crippen LogP contribution < -0.4 is 10.6 Å². The van der Waals surface area contributed by atoms with E-state index >= 15 is 0 Å². The fraction of sp³-hybridized carbons (Fsp3) is 0.200. The van der Waals surface area contributed by atoms with Crippen LogP contribution in [0.4, 0.5) is 0 Å². The third-order valence-corrected chi connectivity index (χ3v) is 5.86. The number of hydrogen-bond donors (Lipinski definition) is 0. The van der Waals surface area contributed by atoms with Gasteiger partial charge in [0.05, 0.1) is 0 Å². The molecular formula is C15H16O3P2S+2. The molecule has 0 saturated heterocycles. The fourth-order valence-corrected chi connectivity index (χ4v) is 3.91. The molecule has 0 fully saturated rings. The second-order valence-electron chi connectivity index (χ2n) is 4.21. The van der Waals surface area contributed by atoms with E-state index in [4.69, 9.17) is 20.9 Å². The molecule has 2 atom stereocenters. The molecule has 0 aliphatic carbocycles. The molecule has 0 amide bonds. The van der Waals surface area contributed by atoms with Gasteiger partial charge < -0.3 is 0 Å². The lowest BCUT2D eigenvalue weighted by atomic mass is 10.4. The lowest BCUT2D eigenvalue weighted by Gasteiger charge is -1.93. The van der Waals surface area contributed by atoms with Crippen LogP contribution >= 0.6 is 15.0 Å². The summed E-state index contributed by atoms with van der Waals surface area (Å²) in [5.74, 6) is 0. The van der Waals surface area contributed by atoms with Crippen molar-refractivity contribution >= 4 is 37.4 Å². The first kappa shape index (κ1) is 16.4. The van der Waals surface area contributed by atoms with Crippen LogP contribution in [0.5, 0.6) is 0 Å². The Hall–Kier alpha value is -1.02. The standard InChI is InChI=1S/C15H16O3P2S/c16-19(14-8-3-1-4-9-14)17-12-7-13-18-20(21)15-10-5-2-6-11-15/h1-6,8-11H,7,12-13H2/q+2. The Balaban J connectivity index is 1.64. The van der Waals surface area contributed by atoms with Crippen LogP contribution in [0.25, 0.3) is 0 Å². The van der Waals surface area contributed by atoms with E-state index in [0.29, 0.717) is 24.9 Å². The highest BCUT2D eigenvalue weighted by molar-refractivity contribution is 8.06. The smallest absolute Gasteiger partial charge is 0.164 e. The monoisotopic (exact) mass is 338 g/mol. The second kappa shape index (κ2) is 9.09. The van der Waals surface area contributed by atoms with Crippen LogP contribution in [0, 0.1) is 0 Å². The predicted octanol–water partition coefficient (Wildman–Crippen LogP) is 3.66. The van der Waals surface area contributed by atoms with Gasteiger partial charge in [0.1, 0.15) is 13.2 Å². The Morgan fingerprint density at radius 3 is 1.95 bits per heavy atom. The van der Waals surface area contributed by atoms with Crippen molar-refractivity contribution in [1.29, 1.82) is 0 Å². The van der Waals surface area contributed by atoms with Gasteiger partial charge in [-0.15, -0.1) is 4.52 Å². The van der Waals surface area contributed by atoms with E-state index in [2.05, 4.69) is 0 Å². The van der Waals surface area contributed by atoms with Crippen molar-refractivity contribution in [1.82, 2.24) is 0 Å². The minimum Gasteiger partial charge on any atom is -0.164 e. The Labute approximate surface area is 131 Å². The number of hydrogen-bond acceptors (Lipinski definition) is 4. The topological polar surface area (TPSA) is 35.5 Å². The highest BCUT2D eigenvalue weighted by Gasteiger charge is 2.21. The lowest BCUT2D eigenvalue weighted by molar-refractivity contribution is 0.275. The fourth-order valence-electron chi connectivity index (χ4n) is 1.60. The first-order valence-corrected chi connectivity index (χ1v) is 10.0. The molecule has 108 valence electrons. The van der Waals surface area contributed by atoms with Crippen LogP contribution in [0.3, 0.4) is 0 Å². The lowest BCUT2D eigenvalue weighted by Crippen LogP contribution is -2.02. The average Bonchev–Trinajstić information content (AvgIpc) is 2.55. The molecule has 0 N–H and O–H groups in total. The summed E-state index contributed by atoms with van der Waals surface area (Å²) in [5, 5.41) is 1.75. The van der Waals surface area contributed by atoms with E-state index in [9.17, 15) is 4.57 Å². The van der Waals surface area contributed by atoms with Gasteiger partial charge in [-0.25, -0.2) is 0 Å². The van der Waals surface area contributed by atoms with E-state index in [1.54, 1.807) is 12.1 Å². The minimum absolute atomic E-state index is 0.400. The average molecular weight is 338 g/mol. The molecule has 3 nitrogen and oxygen atoms in total. The second-order valence-corrected chi connectivity index (χ2v) is 7.78. The first-order chi connectivity index (χ1) is 10.3. The van der Waals surface area contributed by atoms with Crippen LogP contribution in [0.2, 0.25) is 0 Å². The molecule has 0 aliphatic rings. The highest BCUT2D eigenvalue weighted by atomic mass is 32.4. The summed E-state index contributed by atoms with van der Waals surface area (Å²) in [4.78, 5) is 0. The third kappa shape index (κ3) is 5.70. The van der Waals surface area contributed by atoms with Gasteiger partial charge in [-0.05, 0) is 28.8 Å². The largest absolute Gasteiger partial charge is 0.548 e. The third-order valence-electron chi connectivity index (χ3n) is 2.64. The zero-order chi connectivity index (χ0) is 14.9. The van der Waals surface area contributed by atoms with Gasteiger partial charge in [-0.2, -0.15) is 4.52 Å². The molecule has 0 spiro atoms. The van der Waals surface area contributed by atoms with Crippen LogP contribution in [0.15, 0.2) is 60.7 Å². The molecular weight excluding hydrogens is 322 g/mol. The van der Waals surface area contributed by atoms with Gasteiger partial charge in [0.15, 0.2) is 5.30 Å². The van der Waals surface area contributed by atoms with Gasteiger partial charge in [-0.1, -0.05) is 36.4 Å². The highest BCUT2D eigenvalue weighted by Crippen LogP contribution is 2.23. The maximum Gasteiger partial charge on any atom is 0.548 e. The van der Waals surface area contributed by atoms with Gasteiger partial charge in [0.25, 0.3) is 0 Å². The molecule has 0 heterocycles. The summed E-state index contributed by atoms with van der Waals surface area (Å²) < 4.78 is 22.8. The molecule has 0 bridgehead atoms.